The van der Waals surface area contributed by atoms with Gasteiger partial charge in [-0.05, 0) is 129 Å². The van der Waals surface area contributed by atoms with Crippen molar-refractivity contribution in [1.29, 1.82) is 0 Å². The zero-order valence-electron chi connectivity index (χ0n) is 76.1. The molecule has 6 saturated heterocycles. The number of hydrogen-bond donors (Lipinski definition) is 6. The Bertz CT molecular complexity index is 2840. The molecule has 6 aliphatic rings. The van der Waals surface area contributed by atoms with Crippen molar-refractivity contribution < 1.29 is 57.2 Å². The van der Waals surface area contributed by atoms with Gasteiger partial charge in [-0.25, -0.2) is 0 Å². The third kappa shape index (κ3) is 57.0. The molecule has 7 rings (SSSR count). The SMILES string of the molecule is C.C.C.C.C.C.C.CC(N)C(=S)Cc1ccccc1N1CCOCC1.CCC(C)C(N)C(=O)CC(C)C(=O)CN1CCOCC1.CCC(C)C(N)C(=O)CC(C)C(=S)CCN1CCOCC1.CCC(C)C(N)C(=O)CC(C)CCCN1CCOCC1.CCC(C)C(N)C(=O)CC(C)CCN1CCOCC1.CCC(C)C(N)C(=O)CCCCCN1CCOCC1. The number of thiocarbonyl (C=S) groups is 2. The third-order valence-corrected chi connectivity index (χ3v) is 25.8. The number of benzene rings is 1. The van der Waals surface area contributed by atoms with Crippen LogP contribution in [-0.2, 0) is 63.6 Å². The number of carbonyl (C=O) groups excluding carboxylic acids is 6. The molecule has 0 saturated carbocycles. The van der Waals surface area contributed by atoms with Gasteiger partial charge in [0.15, 0.2) is 5.78 Å². The van der Waals surface area contributed by atoms with Crippen LogP contribution in [0.5, 0.6) is 0 Å². The van der Waals surface area contributed by atoms with Gasteiger partial charge >= 0.3 is 0 Å². The molecule has 0 radical (unpaired) electrons. The maximum absolute atomic E-state index is 12.2. The molecule has 1 aromatic carbocycles. The van der Waals surface area contributed by atoms with E-state index in [1.165, 1.54) is 17.7 Å². The van der Waals surface area contributed by atoms with Crippen molar-refractivity contribution in [2.45, 2.75) is 308 Å². The highest BCUT2D eigenvalue weighted by Gasteiger charge is 2.29. The van der Waals surface area contributed by atoms with E-state index in [1.54, 1.807) is 0 Å². The van der Waals surface area contributed by atoms with Crippen molar-refractivity contribution in [3.05, 3.63) is 29.8 Å². The summed E-state index contributed by atoms with van der Waals surface area (Å²) in [4.78, 5) is 88.3. The lowest BCUT2D eigenvalue weighted by atomic mass is 9.90. The maximum atomic E-state index is 12.2. The van der Waals surface area contributed by atoms with Gasteiger partial charge in [-0.2, -0.15) is 0 Å². The van der Waals surface area contributed by atoms with Crippen molar-refractivity contribution >= 4 is 74.6 Å². The van der Waals surface area contributed by atoms with E-state index in [9.17, 15) is 28.8 Å². The number of carbonyl (C=O) groups is 6. The van der Waals surface area contributed by atoms with Gasteiger partial charge in [-0.1, -0.05) is 230 Å². The number of nitrogens with zero attached hydrogens (tertiary/aromatic N) is 6. The number of ketones is 6. The summed E-state index contributed by atoms with van der Waals surface area (Å²) in [5.41, 5.74) is 38.2. The maximum Gasteiger partial charge on any atom is 0.150 e. The molecule has 0 bridgehead atoms. The molecule has 0 amide bonds. The number of Topliss-reactive ketones (excluding diaryl/α,β-unsaturated/α-hetero) is 6. The van der Waals surface area contributed by atoms with Crippen LogP contribution in [0, 0.1) is 53.3 Å². The molecule has 6 heterocycles. The van der Waals surface area contributed by atoms with E-state index in [-0.39, 0.29) is 147 Å². The van der Waals surface area contributed by atoms with Crippen LogP contribution >= 0.6 is 24.4 Å². The summed E-state index contributed by atoms with van der Waals surface area (Å²) in [6, 6.07) is 6.79. The van der Waals surface area contributed by atoms with E-state index < -0.39 is 6.04 Å². The highest BCUT2D eigenvalue weighted by Crippen LogP contribution is 2.25. The molecule has 1 aromatic rings. The molecule has 15 unspecified atom stereocenters. The smallest absolute Gasteiger partial charge is 0.150 e. The van der Waals surface area contributed by atoms with Crippen LogP contribution in [0.1, 0.15) is 271 Å². The van der Waals surface area contributed by atoms with E-state index >= 15 is 0 Å². The topological polar surface area (TPSA) is 333 Å². The number of hydrogen-bond acceptors (Lipinski definition) is 26. The Kier molecular flexibility index (Phi) is 82.8. The minimum absolute atomic E-state index is 0. The van der Waals surface area contributed by atoms with Crippen LogP contribution in [0.2, 0.25) is 0 Å². The minimum atomic E-state index is -0.446. The summed E-state index contributed by atoms with van der Waals surface area (Å²) < 4.78 is 32.0. The van der Waals surface area contributed by atoms with E-state index in [4.69, 9.17) is 87.3 Å². The molecular formula is C98H198N12O12S2. The highest BCUT2D eigenvalue weighted by molar-refractivity contribution is 7.80. The van der Waals surface area contributed by atoms with Crippen LogP contribution < -0.4 is 39.3 Å². The first-order valence-corrected chi connectivity index (χ1v) is 46.3. The van der Waals surface area contributed by atoms with Gasteiger partial charge in [0.05, 0.1) is 116 Å². The fraction of sp³-hybridized carbons (Fsp3) is 0.857. The van der Waals surface area contributed by atoms with Crippen LogP contribution in [0.25, 0.3) is 0 Å². The second-order valence-electron chi connectivity index (χ2n) is 34.5. The Morgan fingerprint density at radius 3 is 1.03 bits per heavy atom. The number of ether oxygens (including phenoxy) is 6. The van der Waals surface area contributed by atoms with Gasteiger partial charge < -0.3 is 67.7 Å². The number of unbranched alkanes of at least 4 members (excludes halogenated alkanes) is 2. The molecule has 15 atom stereocenters. The van der Waals surface area contributed by atoms with Crippen molar-refractivity contribution in [2.24, 2.45) is 87.7 Å². The molecule has 124 heavy (non-hydrogen) atoms. The largest absolute Gasteiger partial charge is 0.379 e. The summed E-state index contributed by atoms with van der Waals surface area (Å²) in [5.74, 6) is 3.03. The lowest BCUT2D eigenvalue weighted by Gasteiger charge is -2.30. The summed E-state index contributed by atoms with van der Waals surface area (Å²) in [6.45, 7) is 56.7. The fourth-order valence-electron chi connectivity index (χ4n) is 14.2. The molecule has 6 aliphatic heterocycles. The molecular weight excluding hydrogens is 1600 g/mol. The van der Waals surface area contributed by atoms with Crippen LogP contribution in [0.3, 0.4) is 0 Å². The molecule has 12 N–H and O–H groups in total. The predicted octanol–water partition coefficient (Wildman–Crippen LogP) is 14.7. The van der Waals surface area contributed by atoms with Crippen LogP contribution in [0.15, 0.2) is 24.3 Å². The predicted molar refractivity (Wildman–Crippen MR) is 535 cm³/mol. The number of rotatable bonds is 47. The average molecular weight is 1800 g/mol. The zero-order valence-corrected chi connectivity index (χ0v) is 77.7. The number of morpholine rings is 6. The van der Waals surface area contributed by atoms with Gasteiger partial charge in [-0.3, -0.25) is 53.3 Å². The number of anilines is 1. The van der Waals surface area contributed by atoms with Crippen molar-refractivity contribution in [2.75, 3.05) is 195 Å². The van der Waals surface area contributed by atoms with Crippen LogP contribution in [0.4, 0.5) is 5.69 Å². The number of nitrogens with two attached hydrogens (primary N) is 6. The Labute approximate surface area is 772 Å². The lowest BCUT2D eigenvalue weighted by Crippen LogP contribution is -2.42. The van der Waals surface area contributed by atoms with Crippen molar-refractivity contribution in [1.82, 2.24) is 24.5 Å². The Morgan fingerprint density at radius 1 is 0.339 bits per heavy atom. The standard InChI is InChI=1S/C16H30N2O2S.C16H32N2O2.C15H28N2O3.2C15H30N2O2.C14H20N2OS.7CH4/c1-4-12(2)16(17)14(19)11-13(3)15(21)5-6-18-7-9-20-10-8-18;1-4-14(3)16(17)15(19)12-13(2)6-5-7-18-8-10-20-11-9-18;1-4-11(2)15(16)13(18)9-12(3)14(19)10-17-5-7-20-8-6-17;1-4-13(3)15(16)14(18)11-12(2)5-6-17-7-9-19-10-8-17;1-3-13(2)15(16)14(18)7-5-4-6-8-17-9-11-19-12-10-17;1-11(15)14(18)10-12-4-2-3-5-13(12)16-6-8-17-9-7-16;;;;;;;/h12-13,16H,4-11,17H2,1-3H3;13-14,16H,4-12,17H2,1-3H3;11-12,15H,4-10,16H2,1-3H3;12-13,15H,4-11,16H2,1-3H3;13,15H,3-12,16H2,1-2H3;2-5,11H,6-10,15H2,1H3;7*1H4. The molecule has 0 spiro atoms. The fourth-order valence-corrected chi connectivity index (χ4v) is 14.6. The van der Waals surface area contributed by atoms with Gasteiger partial charge in [0.2, 0.25) is 0 Å². The van der Waals surface area contributed by atoms with Gasteiger partial charge in [-0.15, -0.1) is 0 Å². The normalized spacial score (nSPS) is 19.4. The van der Waals surface area contributed by atoms with Crippen LogP contribution in [-0.4, -0.2) is 296 Å². The molecule has 24 nitrogen and oxygen atoms in total. The second kappa shape index (κ2) is 78.2. The second-order valence-corrected chi connectivity index (χ2v) is 35.6. The Balaban J connectivity index is -0.000000333. The Morgan fingerprint density at radius 2 is 0.653 bits per heavy atom. The summed E-state index contributed by atoms with van der Waals surface area (Å²) in [5, 5.41) is 0. The van der Waals surface area contributed by atoms with E-state index in [0.29, 0.717) is 75.0 Å². The van der Waals surface area contributed by atoms with Crippen molar-refractivity contribution in [3.8, 4) is 0 Å². The molecule has 26 heteroatoms. The monoisotopic (exact) mass is 1800 g/mol. The lowest BCUT2D eigenvalue weighted by molar-refractivity contribution is -0.129. The van der Waals surface area contributed by atoms with Gasteiger partial charge in [0.1, 0.15) is 28.9 Å². The molecule has 6 fully saturated rings. The highest BCUT2D eigenvalue weighted by atomic mass is 32.1. The minimum Gasteiger partial charge on any atom is -0.379 e. The first-order valence-electron chi connectivity index (χ1n) is 45.5. The molecule has 0 aliphatic carbocycles. The number of para-hydroxylation sites is 1. The third-order valence-electron chi connectivity index (χ3n) is 24.7. The van der Waals surface area contributed by atoms with E-state index in [0.717, 1.165) is 258 Å². The van der Waals surface area contributed by atoms with Gasteiger partial charge in [0, 0.05) is 146 Å². The van der Waals surface area contributed by atoms with Gasteiger partial charge in [0.25, 0.3) is 0 Å². The first kappa shape index (κ1) is 131. The van der Waals surface area contributed by atoms with Crippen molar-refractivity contribution in [3.63, 3.8) is 0 Å². The Hall–Kier alpha value is -3.46. The average Bonchev–Trinajstić information content (AvgIpc) is 0.835. The zero-order chi connectivity index (χ0) is 87.2. The quantitative estimate of drug-likeness (QED) is 0.0261. The summed E-state index contributed by atoms with van der Waals surface area (Å²) >= 11 is 10.8. The first-order chi connectivity index (χ1) is 55.8. The summed E-state index contributed by atoms with van der Waals surface area (Å²) in [6.07, 6.45) is 15.6. The molecule has 734 valence electrons. The molecule has 0 aromatic heterocycles. The van der Waals surface area contributed by atoms with E-state index in [1.807, 2.05) is 41.5 Å². The summed E-state index contributed by atoms with van der Waals surface area (Å²) in [7, 11) is 0. The van der Waals surface area contributed by atoms with E-state index in [2.05, 4.69) is 116 Å².